The van der Waals surface area contributed by atoms with Crippen LogP contribution >= 0.6 is 0 Å². The average molecular weight is 762 g/mol. The number of ether oxygens (including phenoxy) is 2. The van der Waals surface area contributed by atoms with Gasteiger partial charge in [0.1, 0.15) is 11.5 Å². The number of carbonyl (C=O) groups is 4. The Morgan fingerprint density at radius 2 is 0.945 bits per heavy atom. The monoisotopic (exact) mass is 761 g/mol. The van der Waals surface area contributed by atoms with Crippen molar-refractivity contribution in [3.05, 3.63) is 107 Å². The molecule has 13 heteroatoms. The van der Waals surface area contributed by atoms with Gasteiger partial charge in [0.2, 0.25) is 0 Å². The summed E-state index contributed by atoms with van der Waals surface area (Å²) < 4.78 is 36.7. The molecule has 0 aromatic heterocycles. The molecule has 0 atom stereocenters. The van der Waals surface area contributed by atoms with E-state index in [4.69, 9.17) is 14.0 Å². The Hall–Kier alpha value is -5.89. The fraction of sp³-hybridized carbons (Fsp3) is 0.238. The van der Waals surface area contributed by atoms with Crippen molar-refractivity contribution in [1.29, 1.82) is 0 Å². The first-order chi connectivity index (χ1) is 26.4. The molecule has 0 radical (unpaired) electrons. The quantitative estimate of drug-likeness (QED) is 0.0648. The number of carbonyl (C=O) groups excluding carboxylic acids is 4. The molecule has 282 valence electrons. The molecule has 2 aliphatic rings. The zero-order valence-corrected chi connectivity index (χ0v) is 31.4. The van der Waals surface area contributed by atoms with Gasteiger partial charge in [-0.15, -0.1) is 0 Å². The maximum Gasteiger partial charge on any atom is 0.262 e. The largest absolute Gasteiger partial charge is 0.497 e. The van der Waals surface area contributed by atoms with E-state index in [9.17, 15) is 27.6 Å². The van der Waals surface area contributed by atoms with Crippen molar-refractivity contribution in [3.8, 4) is 11.5 Å². The van der Waals surface area contributed by atoms with Crippen LogP contribution in [0.5, 0.6) is 11.5 Å². The second kappa shape index (κ2) is 15.1. The van der Waals surface area contributed by atoms with Crippen molar-refractivity contribution in [2.75, 3.05) is 46.7 Å². The summed E-state index contributed by atoms with van der Waals surface area (Å²) in [5, 5.41) is 10.5. The van der Waals surface area contributed by atoms with E-state index in [-0.39, 0.29) is 23.6 Å². The highest BCUT2D eigenvalue weighted by Gasteiger charge is 2.38. The van der Waals surface area contributed by atoms with Gasteiger partial charge in [-0.25, -0.2) is 0 Å². The number of amides is 4. The Kier molecular flexibility index (Phi) is 10.3. The van der Waals surface area contributed by atoms with Gasteiger partial charge < -0.3 is 14.8 Å². The van der Waals surface area contributed by atoms with Gasteiger partial charge in [0.25, 0.3) is 33.7 Å². The Balaban J connectivity index is 0.000000875. The normalized spacial score (nSPS) is 13.9. The lowest BCUT2D eigenvalue weighted by Crippen LogP contribution is -2.33. The minimum Gasteiger partial charge on any atom is -0.497 e. The molecule has 2 heterocycles. The zero-order valence-electron chi connectivity index (χ0n) is 30.5. The number of rotatable bonds is 11. The molecule has 0 aliphatic carbocycles. The number of methoxy groups -OCH3 is 2. The summed E-state index contributed by atoms with van der Waals surface area (Å²) in [6.45, 7) is 1.92. The number of nitrogens with zero attached hydrogens (tertiary/aromatic N) is 2. The van der Waals surface area contributed by atoms with Crippen LogP contribution in [0.4, 0.5) is 0 Å². The minimum absolute atomic E-state index is 0.263. The molecule has 12 nitrogen and oxygen atoms in total. The fourth-order valence-electron chi connectivity index (χ4n) is 7.46. The molecular formula is C42H39N3O9S. The number of nitrogens with one attached hydrogen (secondary N) is 1. The van der Waals surface area contributed by atoms with Crippen LogP contribution < -0.4 is 14.8 Å². The van der Waals surface area contributed by atoms with Crippen molar-refractivity contribution < 1.29 is 41.6 Å². The average Bonchev–Trinajstić information content (AvgIpc) is 3.57. The number of imide groups is 2. The first-order valence-electron chi connectivity index (χ1n) is 17.8. The zero-order chi connectivity index (χ0) is 39.0. The van der Waals surface area contributed by atoms with E-state index >= 15 is 0 Å². The lowest BCUT2D eigenvalue weighted by Gasteiger charge is -2.15. The molecule has 2 aliphatic heterocycles. The van der Waals surface area contributed by atoms with E-state index in [1.807, 2.05) is 72.8 Å². The Bertz CT molecular complexity index is 2500. The highest BCUT2D eigenvalue weighted by atomic mass is 32.2. The predicted octanol–water partition coefficient (Wildman–Crippen LogP) is 6.47. The van der Waals surface area contributed by atoms with Gasteiger partial charge in [-0.05, 0) is 101 Å². The third-order valence-electron chi connectivity index (χ3n) is 10.0. The molecule has 6 aromatic rings. The van der Waals surface area contributed by atoms with E-state index in [1.54, 1.807) is 26.4 Å². The first kappa shape index (κ1) is 37.4. The Labute approximate surface area is 317 Å². The van der Waals surface area contributed by atoms with Crippen LogP contribution in [0.15, 0.2) is 84.9 Å². The Morgan fingerprint density at radius 1 is 0.564 bits per heavy atom. The van der Waals surface area contributed by atoms with Crippen molar-refractivity contribution in [2.24, 2.45) is 0 Å². The molecule has 0 bridgehead atoms. The Morgan fingerprint density at radius 3 is 1.40 bits per heavy atom. The van der Waals surface area contributed by atoms with Gasteiger partial charge in [0, 0.05) is 23.9 Å². The molecule has 0 fully saturated rings. The minimum atomic E-state index is -3.67. The topological polar surface area (TPSA) is 160 Å². The first-order valence-corrected chi connectivity index (χ1v) is 19.7. The summed E-state index contributed by atoms with van der Waals surface area (Å²) in [5.41, 5.74) is 1.77. The van der Waals surface area contributed by atoms with Gasteiger partial charge in [0.05, 0.1) is 42.7 Å². The van der Waals surface area contributed by atoms with Crippen molar-refractivity contribution in [2.45, 2.75) is 19.3 Å². The molecule has 0 saturated carbocycles. The third-order valence-corrected chi connectivity index (χ3v) is 10.0. The number of benzene rings is 6. The van der Waals surface area contributed by atoms with Gasteiger partial charge in [-0.1, -0.05) is 48.5 Å². The molecule has 0 unspecified atom stereocenters. The van der Waals surface area contributed by atoms with E-state index in [0.29, 0.717) is 79.0 Å². The van der Waals surface area contributed by atoms with Crippen LogP contribution in [0.25, 0.3) is 43.1 Å². The van der Waals surface area contributed by atoms with Gasteiger partial charge in [0.15, 0.2) is 0 Å². The molecule has 4 amide bonds. The van der Waals surface area contributed by atoms with Gasteiger partial charge in [-0.2, -0.15) is 8.42 Å². The van der Waals surface area contributed by atoms with E-state index in [1.165, 1.54) is 9.80 Å². The van der Waals surface area contributed by atoms with Crippen LogP contribution in [0.2, 0.25) is 0 Å². The standard InChI is InChI=1S/C41H35N3O6.CH4O3S/c1-49-28-14-10-24-6-8-26-12-16-30-36(34(26)32(24)22-28)40(47)43(38(30)45)20-4-3-18-42-19-5-21-44-39(46)31-17-13-27-9-7-25-11-15-29(50-2)23-33(25)35(27)37(31)41(44)48;1-5(2,3)4/h6-17,22-23,42H,3-5,18-21H2,1-2H3;1H3,(H,2,3,4). The highest BCUT2D eigenvalue weighted by Crippen LogP contribution is 2.38. The molecule has 55 heavy (non-hydrogen) atoms. The van der Waals surface area contributed by atoms with Crippen molar-refractivity contribution >= 4 is 76.8 Å². The van der Waals surface area contributed by atoms with E-state index in [2.05, 4.69) is 5.32 Å². The number of hydrogen-bond donors (Lipinski definition) is 2. The summed E-state index contributed by atoms with van der Waals surface area (Å²) in [5.74, 6) is 0.311. The van der Waals surface area contributed by atoms with Crippen LogP contribution in [0.1, 0.15) is 60.7 Å². The van der Waals surface area contributed by atoms with Gasteiger partial charge >= 0.3 is 0 Å². The predicted molar refractivity (Wildman–Crippen MR) is 211 cm³/mol. The number of unbranched alkanes of at least 4 members (excludes halogenated alkanes) is 1. The maximum atomic E-state index is 13.6. The summed E-state index contributed by atoms with van der Waals surface area (Å²) in [4.78, 5) is 56.7. The maximum absolute atomic E-state index is 13.6. The second-order valence-corrected chi connectivity index (χ2v) is 15.0. The van der Waals surface area contributed by atoms with Crippen LogP contribution in [-0.4, -0.2) is 93.1 Å². The lowest BCUT2D eigenvalue weighted by atomic mass is 9.95. The lowest BCUT2D eigenvalue weighted by molar-refractivity contribution is 0.0636. The van der Waals surface area contributed by atoms with Gasteiger partial charge in [-0.3, -0.25) is 33.5 Å². The summed E-state index contributed by atoms with van der Waals surface area (Å²) >= 11 is 0. The summed E-state index contributed by atoms with van der Waals surface area (Å²) in [7, 11) is -0.450. The smallest absolute Gasteiger partial charge is 0.262 e. The SMILES string of the molecule is COc1ccc2ccc3ccc4c(c3c2c1)C(=O)N(CCCCNCCCN1C(=O)c2ccc3ccc5ccc(OC)cc5c3c2C1=O)C4=O.CS(=O)(=O)O. The van der Waals surface area contributed by atoms with E-state index in [0.717, 1.165) is 49.5 Å². The molecule has 0 spiro atoms. The fourth-order valence-corrected chi connectivity index (χ4v) is 7.46. The van der Waals surface area contributed by atoms with Crippen LogP contribution in [-0.2, 0) is 10.1 Å². The highest BCUT2D eigenvalue weighted by molar-refractivity contribution is 7.85. The third kappa shape index (κ3) is 7.21. The van der Waals surface area contributed by atoms with Crippen LogP contribution in [0, 0.1) is 0 Å². The second-order valence-electron chi connectivity index (χ2n) is 13.5. The molecular weight excluding hydrogens is 723 g/mol. The number of fused-ring (bicyclic) bond motifs is 10. The molecule has 2 N–H and O–H groups in total. The van der Waals surface area contributed by atoms with E-state index < -0.39 is 10.1 Å². The summed E-state index contributed by atoms with van der Waals surface area (Å²) in [6.07, 6.45) is 2.72. The van der Waals surface area contributed by atoms with Crippen molar-refractivity contribution in [1.82, 2.24) is 15.1 Å². The molecule has 6 aromatic carbocycles. The van der Waals surface area contributed by atoms with Crippen molar-refractivity contribution in [3.63, 3.8) is 0 Å². The van der Waals surface area contributed by atoms with Crippen LogP contribution in [0.3, 0.4) is 0 Å². The molecule has 0 saturated heterocycles. The number of hydrogen-bond acceptors (Lipinski definition) is 9. The summed E-state index contributed by atoms with van der Waals surface area (Å²) in [6, 6.07) is 26.8. The molecule has 8 rings (SSSR count).